The van der Waals surface area contributed by atoms with Crippen molar-refractivity contribution in [2.45, 2.75) is 31.7 Å². The van der Waals surface area contributed by atoms with Crippen LogP contribution in [0.1, 0.15) is 35.3 Å². The van der Waals surface area contributed by atoms with Gasteiger partial charge >= 0.3 is 0 Å². The van der Waals surface area contributed by atoms with Crippen molar-refractivity contribution in [2.24, 2.45) is 0 Å². The number of aromatic nitrogens is 3. The summed E-state index contributed by atoms with van der Waals surface area (Å²) in [7, 11) is 0. The number of nitrogens with zero attached hydrogens (tertiary/aromatic N) is 5. The minimum Gasteiger partial charge on any atom is -0.358 e. The Balaban J connectivity index is 1.29. The predicted molar refractivity (Wildman–Crippen MR) is 143 cm³/mol. The van der Waals surface area contributed by atoms with E-state index in [2.05, 4.69) is 15.0 Å². The first kappa shape index (κ1) is 25.8. The molecule has 0 unspecified atom stereocenters. The fourth-order valence-electron chi connectivity index (χ4n) is 5.77. The van der Waals surface area contributed by atoms with Crippen LogP contribution in [-0.4, -0.2) is 56.5 Å². The fourth-order valence-corrected chi connectivity index (χ4v) is 5.77. The van der Waals surface area contributed by atoms with Crippen LogP contribution < -0.4 is 4.90 Å². The molecule has 4 aromatic rings. The number of pyridine rings is 1. The lowest BCUT2D eigenvalue weighted by Gasteiger charge is -2.44. The maximum Gasteiger partial charge on any atom is 0.274 e. The molecule has 1 spiro atoms. The Morgan fingerprint density at radius 1 is 0.925 bits per heavy atom. The minimum absolute atomic E-state index is 0.0630. The number of ketones is 1. The first-order chi connectivity index (χ1) is 19.3. The fraction of sp³-hybridized carbons (Fsp3) is 0.267. The lowest BCUT2D eigenvalue weighted by Crippen LogP contribution is -2.56. The number of hydrogen-bond donors (Lipinski definition) is 0. The van der Waals surface area contributed by atoms with Crippen molar-refractivity contribution in [2.75, 3.05) is 24.5 Å². The van der Waals surface area contributed by atoms with Crippen LogP contribution in [0.5, 0.6) is 0 Å². The number of aryl methyl sites for hydroxylation is 1. The third kappa shape index (κ3) is 4.33. The summed E-state index contributed by atoms with van der Waals surface area (Å²) >= 11 is 0. The number of piperidine rings is 1. The van der Waals surface area contributed by atoms with Gasteiger partial charge in [-0.05, 0) is 50.1 Å². The molecule has 0 aliphatic carbocycles. The first-order valence-corrected chi connectivity index (χ1v) is 13.1. The van der Waals surface area contributed by atoms with E-state index >= 15 is 0 Å². The van der Waals surface area contributed by atoms with Gasteiger partial charge in [0.05, 0.1) is 11.4 Å². The maximum atomic E-state index is 14.1. The Morgan fingerprint density at radius 3 is 2.27 bits per heavy atom. The normalized spacial score (nSPS) is 16.6. The van der Waals surface area contributed by atoms with Crippen LogP contribution in [0.4, 0.5) is 18.9 Å². The second-order valence-corrected chi connectivity index (χ2v) is 10.3. The number of amides is 1. The van der Waals surface area contributed by atoms with Crippen LogP contribution >= 0.6 is 0 Å². The van der Waals surface area contributed by atoms with Gasteiger partial charge in [-0.2, -0.15) is 5.10 Å². The van der Waals surface area contributed by atoms with Gasteiger partial charge in [-0.3, -0.25) is 14.6 Å². The molecule has 1 amide bonds. The van der Waals surface area contributed by atoms with Crippen LogP contribution in [0, 0.1) is 24.4 Å². The Morgan fingerprint density at radius 2 is 1.62 bits per heavy atom. The van der Waals surface area contributed by atoms with Crippen molar-refractivity contribution in [1.82, 2.24) is 19.7 Å². The van der Waals surface area contributed by atoms with Gasteiger partial charge in [0.2, 0.25) is 0 Å². The third-order valence-corrected chi connectivity index (χ3v) is 7.92. The number of carbonyl (C=O) groups is 2. The Labute approximate surface area is 228 Å². The van der Waals surface area contributed by atoms with Crippen LogP contribution in [0.15, 0.2) is 67.0 Å². The van der Waals surface area contributed by atoms with Gasteiger partial charge in [0.1, 0.15) is 5.54 Å². The lowest BCUT2D eigenvalue weighted by molar-refractivity contribution is -0.123. The summed E-state index contributed by atoms with van der Waals surface area (Å²) in [6.07, 6.45) is 4.53. The van der Waals surface area contributed by atoms with Crippen molar-refractivity contribution in [3.63, 3.8) is 0 Å². The summed E-state index contributed by atoms with van der Waals surface area (Å²) in [5.41, 5.74) is 2.39. The molecule has 0 bridgehead atoms. The van der Waals surface area contributed by atoms with Crippen LogP contribution in [0.2, 0.25) is 0 Å². The summed E-state index contributed by atoms with van der Waals surface area (Å²) in [6, 6.07) is 14.7. The summed E-state index contributed by atoms with van der Waals surface area (Å²) in [4.78, 5) is 34.7. The topological polar surface area (TPSA) is 71.3 Å². The number of anilines is 1. The molecular weight excluding hydrogens is 519 g/mol. The highest BCUT2D eigenvalue weighted by Gasteiger charge is 2.50. The average molecular weight is 546 g/mol. The highest BCUT2D eigenvalue weighted by Crippen LogP contribution is 2.40. The summed E-state index contributed by atoms with van der Waals surface area (Å²) < 4.78 is 43.0. The predicted octanol–water partition coefficient (Wildman–Crippen LogP) is 5.11. The number of halogens is 3. The molecule has 0 saturated carbocycles. The van der Waals surface area contributed by atoms with E-state index in [0.717, 1.165) is 23.4 Å². The molecule has 204 valence electrons. The van der Waals surface area contributed by atoms with Gasteiger partial charge in [-0.25, -0.2) is 17.9 Å². The molecule has 40 heavy (non-hydrogen) atoms. The third-order valence-electron chi connectivity index (χ3n) is 7.92. The van der Waals surface area contributed by atoms with Gasteiger partial charge in [0, 0.05) is 61.8 Å². The van der Waals surface area contributed by atoms with E-state index in [9.17, 15) is 22.8 Å². The Kier molecular flexibility index (Phi) is 6.40. The minimum atomic E-state index is -1.58. The summed E-state index contributed by atoms with van der Waals surface area (Å²) in [5, 5.41) is 4.38. The van der Waals surface area contributed by atoms with E-state index < -0.39 is 23.0 Å². The zero-order valence-corrected chi connectivity index (χ0v) is 21.8. The molecule has 2 aliphatic heterocycles. The second-order valence-electron chi connectivity index (χ2n) is 10.3. The van der Waals surface area contributed by atoms with Crippen molar-refractivity contribution in [1.29, 1.82) is 0 Å². The largest absolute Gasteiger partial charge is 0.358 e. The molecule has 2 aromatic carbocycles. The molecule has 2 aromatic heterocycles. The summed E-state index contributed by atoms with van der Waals surface area (Å²) in [6.45, 7) is 3.35. The molecule has 7 nitrogen and oxygen atoms in total. The molecule has 0 atom stereocenters. The van der Waals surface area contributed by atoms with E-state index in [-0.39, 0.29) is 23.1 Å². The number of likely N-dealkylation sites (tertiary alicyclic amines) is 1. The summed E-state index contributed by atoms with van der Waals surface area (Å²) in [5.74, 6) is -4.50. The molecule has 2 aliphatic rings. The second kappa shape index (κ2) is 9.93. The van der Waals surface area contributed by atoms with Gasteiger partial charge < -0.3 is 9.80 Å². The smallest absolute Gasteiger partial charge is 0.274 e. The quantitative estimate of drug-likeness (QED) is 0.333. The zero-order valence-electron chi connectivity index (χ0n) is 21.8. The van der Waals surface area contributed by atoms with E-state index in [0.29, 0.717) is 50.2 Å². The van der Waals surface area contributed by atoms with Crippen LogP contribution in [-0.2, 0) is 4.79 Å². The molecule has 0 radical (unpaired) electrons. The molecule has 0 N–H and O–H groups in total. The number of carbonyl (C=O) groups excluding carboxylic acids is 2. The molecule has 4 heterocycles. The number of Topliss-reactive ketones (excluding diaryl/α,β-unsaturated/α-hetero) is 1. The number of hydrogen-bond acceptors (Lipinski definition) is 5. The highest BCUT2D eigenvalue weighted by molar-refractivity contribution is 5.97. The van der Waals surface area contributed by atoms with Gasteiger partial charge in [0.25, 0.3) is 5.91 Å². The highest BCUT2D eigenvalue weighted by atomic mass is 19.2. The molecule has 6 rings (SSSR count). The van der Waals surface area contributed by atoms with Crippen molar-refractivity contribution in [3.05, 3.63) is 95.7 Å². The van der Waals surface area contributed by atoms with Crippen molar-refractivity contribution in [3.8, 4) is 16.9 Å². The standard InChI is InChI=1S/C30H26F3N5O2/c1-19-4-6-21(7-5-19)37-12-8-27(39)30(37)9-13-36(14-10-30)29(40)25-17-26(20-3-2-11-34-18-20)38(35-25)22-15-23(31)28(33)24(32)16-22/h2-7,11,15-18H,8-10,12-14H2,1H3. The van der Waals surface area contributed by atoms with Crippen molar-refractivity contribution >= 4 is 17.4 Å². The van der Waals surface area contributed by atoms with E-state index in [1.54, 1.807) is 23.2 Å². The maximum absolute atomic E-state index is 14.1. The Bertz CT molecular complexity index is 1570. The SMILES string of the molecule is Cc1ccc(N2CCC(=O)C23CCN(C(=O)c2cc(-c4cccnc4)n(-c4cc(F)c(F)c(F)c4)n2)CC3)cc1. The Hall–Kier alpha value is -4.47. The number of benzene rings is 2. The average Bonchev–Trinajstić information content (AvgIpc) is 3.55. The van der Waals surface area contributed by atoms with Gasteiger partial charge in [0.15, 0.2) is 28.9 Å². The molecular formula is C30H26F3N5O2. The van der Waals surface area contributed by atoms with Crippen LogP contribution in [0.25, 0.3) is 16.9 Å². The van der Waals surface area contributed by atoms with Crippen molar-refractivity contribution < 1.29 is 22.8 Å². The lowest BCUT2D eigenvalue weighted by atomic mass is 9.83. The van der Waals surface area contributed by atoms with E-state index in [4.69, 9.17) is 0 Å². The van der Waals surface area contributed by atoms with Gasteiger partial charge in [-0.15, -0.1) is 0 Å². The molecule has 10 heteroatoms. The molecule has 2 fully saturated rings. The zero-order chi connectivity index (χ0) is 28.0. The monoisotopic (exact) mass is 545 g/mol. The van der Waals surface area contributed by atoms with Crippen LogP contribution in [0.3, 0.4) is 0 Å². The van der Waals surface area contributed by atoms with E-state index in [1.807, 2.05) is 31.2 Å². The first-order valence-electron chi connectivity index (χ1n) is 13.1. The van der Waals surface area contributed by atoms with Gasteiger partial charge in [-0.1, -0.05) is 17.7 Å². The number of rotatable bonds is 4. The van der Waals surface area contributed by atoms with E-state index in [1.165, 1.54) is 16.9 Å². The molecule has 2 saturated heterocycles.